The molecular weight excluding hydrogens is 354 g/mol. The highest BCUT2D eigenvalue weighted by Gasteiger charge is 2.36. The number of benzene rings is 3. The van der Waals surface area contributed by atoms with Crippen molar-refractivity contribution in [2.24, 2.45) is 0 Å². The Morgan fingerprint density at radius 3 is 1.69 bits per heavy atom. The van der Waals surface area contributed by atoms with E-state index in [2.05, 4.69) is 118 Å². The summed E-state index contributed by atoms with van der Waals surface area (Å²) in [4.78, 5) is 0. The Morgan fingerprint density at radius 1 is 0.690 bits per heavy atom. The molecule has 1 saturated heterocycles. The van der Waals surface area contributed by atoms with Crippen molar-refractivity contribution in [3.05, 3.63) is 100 Å². The van der Waals surface area contributed by atoms with Crippen molar-refractivity contribution < 1.29 is 0 Å². The Bertz CT molecular complexity index is 993. The number of hydrazine groups is 2. The molecule has 0 amide bonds. The molecule has 3 aromatic carbocycles. The smallest absolute Gasteiger partial charge is 0.143 e. The van der Waals surface area contributed by atoms with Crippen molar-refractivity contribution in [2.75, 3.05) is 10.0 Å². The fourth-order valence-corrected chi connectivity index (χ4v) is 4.60. The minimum atomic E-state index is -0.0172. The fourth-order valence-electron chi connectivity index (χ4n) is 4.60. The van der Waals surface area contributed by atoms with E-state index < -0.39 is 0 Å². The topological polar surface area (TPSA) is 18.5 Å². The number of nitrogens with zero attached hydrogens (tertiary/aromatic N) is 2. The van der Waals surface area contributed by atoms with Crippen molar-refractivity contribution in [1.29, 1.82) is 0 Å². The summed E-state index contributed by atoms with van der Waals surface area (Å²) >= 11 is 0. The van der Waals surface area contributed by atoms with Gasteiger partial charge in [0.05, 0.1) is 11.4 Å². The Labute approximate surface area is 174 Å². The molecule has 0 spiro atoms. The predicted octanol–water partition coefficient (Wildman–Crippen LogP) is 6.06. The molecule has 29 heavy (non-hydrogen) atoms. The maximum absolute atomic E-state index is 3.69. The average Bonchev–Trinajstić information content (AvgIpc) is 3.05. The van der Waals surface area contributed by atoms with Gasteiger partial charge in [-0.25, -0.2) is 0 Å². The zero-order valence-electron chi connectivity index (χ0n) is 18.2. The van der Waals surface area contributed by atoms with Crippen LogP contribution >= 0.6 is 0 Å². The third-order valence-electron chi connectivity index (χ3n) is 5.57. The van der Waals surface area contributed by atoms with Crippen LogP contribution in [0.4, 0.5) is 11.4 Å². The summed E-state index contributed by atoms with van der Waals surface area (Å²) < 4.78 is 0. The van der Waals surface area contributed by atoms with E-state index in [0.29, 0.717) is 0 Å². The van der Waals surface area contributed by atoms with Gasteiger partial charge in [0.2, 0.25) is 0 Å². The molecular formula is C26H29N3. The van der Waals surface area contributed by atoms with Gasteiger partial charge in [-0.3, -0.25) is 10.0 Å². The maximum atomic E-state index is 3.69. The molecule has 1 N–H and O–H groups in total. The second kappa shape index (κ2) is 7.57. The van der Waals surface area contributed by atoms with Crippen LogP contribution in [0.15, 0.2) is 54.6 Å². The van der Waals surface area contributed by atoms with Crippen LogP contribution in [0.5, 0.6) is 0 Å². The highest BCUT2D eigenvalue weighted by Crippen LogP contribution is 2.40. The van der Waals surface area contributed by atoms with E-state index in [1.807, 2.05) is 0 Å². The summed E-state index contributed by atoms with van der Waals surface area (Å²) in [5.41, 5.74) is 14.8. The molecule has 1 heterocycles. The second-order valence-electron chi connectivity index (χ2n) is 8.24. The summed E-state index contributed by atoms with van der Waals surface area (Å²) in [5, 5.41) is 4.32. The van der Waals surface area contributed by atoms with Gasteiger partial charge in [-0.2, -0.15) is 0 Å². The van der Waals surface area contributed by atoms with Gasteiger partial charge in [0.1, 0.15) is 12.6 Å². The zero-order valence-corrected chi connectivity index (χ0v) is 18.2. The van der Waals surface area contributed by atoms with Gasteiger partial charge in [-0.1, -0.05) is 65.7 Å². The van der Waals surface area contributed by atoms with E-state index in [0.717, 1.165) is 0 Å². The van der Waals surface area contributed by atoms with Crippen molar-refractivity contribution in [1.82, 2.24) is 5.53 Å². The van der Waals surface area contributed by atoms with Crippen molar-refractivity contribution in [2.45, 2.75) is 47.6 Å². The van der Waals surface area contributed by atoms with Gasteiger partial charge >= 0.3 is 0 Å². The summed E-state index contributed by atoms with van der Waals surface area (Å²) in [7, 11) is 0. The predicted molar refractivity (Wildman–Crippen MR) is 122 cm³/mol. The molecule has 1 aliphatic heterocycles. The minimum Gasteiger partial charge on any atom is -0.280 e. The van der Waals surface area contributed by atoms with Gasteiger partial charge in [0, 0.05) is 0 Å². The van der Waals surface area contributed by atoms with Crippen molar-refractivity contribution in [3.63, 3.8) is 0 Å². The molecule has 3 nitrogen and oxygen atoms in total. The summed E-state index contributed by atoms with van der Waals surface area (Å²) in [5.74, 6) is 0. The molecule has 1 unspecified atom stereocenters. The van der Waals surface area contributed by atoms with Crippen LogP contribution < -0.4 is 15.6 Å². The van der Waals surface area contributed by atoms with E-state index in [4.69, 9.17) is 0 Å². The van der Waals surface area contributed by atoms with E-state index in [1.54, 1.807) is 0 Å². The van der Waals surface area contributed by atoms with Gasteiger partial charge in [0.15, 0.2) is 0 Å². The average molecular weight is 384 g/mol. The third-order valence-corrected chi connectivity index (χ3v) is 5.57. The number of rotatable bonds is 3. The lowest BCUT2D eigenvalue weighted by Gasteiger charge is -2.29. The molecule has 1 atom stereocenters. The number of hydrogen-bond acceptors (Lipinski definition) is 3. The molecule has 0 aliphatic carbocycles. The van der Waals surface area contributed by atoms with E-state index in [9.17, 15) is 0 Å². The quantitative estimate of drug-likeness (QED) is 0.593. The minimum absolute atomic E-state index is 0.0172. The lowest BCUT2D eigenvalue weighted by Crippen LogP contribution is -2.41. The molecule has 4 rings (SSSR count). The normalized spacial score (nSPS) is 16.6. The molecule has 0 aromatic heterocycles. The first-order valence-corrected chi connectivity index (χ1v) is 10.2. The first-order chi connectivity index (χ1) is 13.8. The van der Waals surface area contributed by atoms with Crippen LogP contribution in [0.1, 0.15) is 45.0 Å². The standard InChI is InChI=1S/C26H29N3/c1-17-12-19(3)25(20(4)13-17)28-16-24(23-10-8-7-9-11-23)29(27-28)26-21(5)14-18(2)15-22(26)6/h7-15,24,27H,1-6H3. The van der Waals surface area contributed by atoms with Gasteiger partial charge in [-0.05, 0) is 69.4 Å². The maximum Gasteiger partial charge on any atom is 0.143 e. The van der Waals surface area contributed by atoms with E-state index in [-0.39, 0.29) is 6.04 Å². The largest absolute Gasteiger partial charge is 0.280 e. The lowest BCUT2D eigenvalue weighted by molar-refractivity contribution is 0.681. The first-order valence-electron chi connectivity index (χ1n) is 10.2. The highest BCUT2D eigenvalue weighted by molar-refractivity contribution is 5.67. The first kappa shape index (κ1) is 19.5. The molecule has 0 bridgehead atoms. The van der Waals surface area contributed by atoms with Crippen LogP contribution in [0.3, 0.4) is 0 Å². The van der Waals surface area contributed by atoms with Crippen LogP contribution in [-0.2, 0) is 0 Å². The SMILES string of the molecule is Cc1cc(C)c(N2[C]C(c3ccccc3)N(c3c(C)cc(C)cc3C)N2)c(C)c1. The molecule has 0 saturated carbocycles. The lowest BCUT2D eigenvalue weighted by atomic mass is 10.0. The zero-order chi connectivity index (χ0) is 20.7. The van der Waals surface area contributed by atoms with Gasteiger partial charge < -0.3 is 0 Å². The molecule has 2 radical (unpaired) electrons. The van der Waals surface area contributed by atoms with Gasteiger partial charge in [-0.15, -0.1) is 5.53 Å². The Kier molecular flexibility index (Phi) is 5.10. The number of aryl methyl sites for hydroxylation is 6. The van der Waals surface area contributed by atoms with Crippen LogP contribution in [-0.4, -0.2) is 0 Å². The number of hydrogen-bond donors (Lipinski definition) is 1. The Morgan fingerprint density at radius 2 is 1.17 bits per heavy atom. The second-order valence-corrected chi connectivity index (χ2v) is 8.24. The van der Waals surface area contributed by atoms with Gasteiger partial charge in [0.25, 0.3) is 0 Å². The number of anilines is 2. The third kappa shape index (κ3) is 3.63. The highest BCUT2D eigenvalue weighted by atomic mass is 15.8. The fraction of sp³-hybridized carbons (Fsp3) is 0.269. The van der Waals surface area contributed by atoms with Crippen LogP contribution in [0, 0.1) is 48.1 Å². The molecule has 3 heteroatoms. The summed E-state index contributed by atoms with van der Waals surface area (Å²) in [6.07, 6.45) is 0. The molecule has 1 aliphatic rings. The molecule has 3 aromatic rings. The van der Waals surface area contributed by atoms with Crippen LogP contribution in [0.25, 0.3) is 0 Å². The van der Waals surface area contributed by atoms with E-state index >= 15 is 0 Å². The van der Waals surface area contributed by atoms with Crippen LogP contribution in [0.2, 0.25) is 0 Å². The number of nitrogens with one attached hydrogen (secondary N) is 1. The monoisotopic (exact) mass is 383 g/mol. The van der Waals surface area contributed by atoms with Crippen molar-refractivity contribution >= 4 is 11.4 Å². The Balaban J connectivity index is 1.81. The summed E-state index contributed by atoms with van der Waals surface area (Å²) in [6.45, 7) is 16.7. The summed E-state index contributed by atoms with van der Waals surface area (Å²) in [6, 6.07) is 19.5. The van der Waals surface area contributed by atoms with Crippen molar-refractivity contribution in [3.8, 4) is 0 Å². The van der Waals surface area contributed by atoms with E-state index in [1.165, 1.54) is 50.3 Å². The molecule has 1 fully saturated rings. The molecule has 148 valence electrons. The Hall–Kier alpha value is -2.78.